The third kappa shape index (κ3) is 4.78. The van der Waals surface area contributed by atoms with E-state index in [-0.39, 0.29) is 0 Å². The largest absolute Gasteiger partial charge is 0.239 e. The SMILES string of the molecule is Cc1cc(Cc2nc(Cc3ccccc3)nc(Cc3ccc4c(c3)Cc3ccccc3-4)n2)nc(C)n1. The second-order valence-electron chi connectivity index (χ2n) is 9.47. The predicted octanol–water partition coefficient (Wildman–Crippen LogP) is 5.62. The van der Waals surface area contributed by atoms with Gasteiger partial charge < -0.3 is 0 Å². The fraction of sp³-hybridized carbons (Fsp3) is 0.194. The van der Waals surface area contributed by atoms with E-state index in [0.717, 1.165) is 41.1 Å². The van der Waals surface area contributed by atoms with Crippen LogP contribution in [-0.4, -0.2) is 24.9 Å². The van der Waals surface area contributed by atoms with Gasteiger partial charge in [0.15, 0.2) is 0 Å². The molecule has 0 unspecified atom stereocenters. The van der Waals surface area contributed by atoms with Crippen LogP contribution in [0.2, 0.25) is 0 Å². The van der Waals surface area contributed by atoms with E-state index < -0.39 is 0 Å². The van der Waals surface area contributed by atoms with Crippen LogP contribution < -0.4 is 0 Å². The molecule has 5 heteroatoms. The number of hydrogen-bond acceptors (Lipinski definition) is 5. The summed E-state index contributed by atoms with van der Waals surface area (Å²) in [5, 5.41) is 0. The van der Waals surface area contributed by atoms with E-state index in [9.17, 15) is 0 Å². The fourth-order valence-electron chi connectivity index (χ4n) is 5.07. The summed E-state index contributed by atoms with van der Waals surface area (Å²) in [5.74, 6) is 3.10. The van der Waals surface area contributed by atoms with Gasteiger partial charge in [0.2, 0.25) is 0 Å². The van der Waals surface area contributed by atoms with Gasteiger partial charge in [0.25, 0.3) is 0 Å². The first-order valence-electron chi connectivity index (χ1n) is 12.4. The van der Waals surface area contributed by atoms with Crippen molar-refractivity contribution < 1.29 is 0 Å². The number of aromatic nitrogens is 5. The summed E-state index contributed by atoms with van der Waals surface area (Å²) in [6, 6.07) is 27.8. The van der Waals surface area contributed by atoms with Gasteiger partial charge in [-0.3, -0.25) is 0 Å². The highest BCUT2D eigenvalue weighted by Gasteiger charge is 2.18. The molecule has 0 aliphatic heterocycles. The monoisotopic (exact) mass is 469 g/mol. The molecule has 0 spiro atoms. The van der Waals surface area contributed by atoms with Gasteiger partial charge in [0.1, 0.15) is 23.3 Å². The third-order valence-corrected chi connectivity index (χ3v) is 6.56. The number of hydrogen-bond donors (Lipinski definition) is 0. The molecular formula is C31H27N5. The van der Waals surface area contributed by atoms with Gasteiger partial charge in [-0.2, -0.15) is 0 Å². The van der Waals surface area contributed by atoms with Crippen LogP contribution in [0.1, 0.15) is 56.9 Å². The quantitative estimate of drug-likeness (QED) is 0.317. The van der Waals surface area contributed by atoms with Crippen molar-refractivity contribution in [2.24, 2.45) is 0 Å². The molecule has 6 rings (SSSR count). The number of fused-ring (bicyclic) bond motifs is 3. The van der Waals surface area contributed by atoms with Gasteiger partial charge in [0, 0.05) is 18.5 Å². The van der Waals surface area contributed by atoms with Crippen molar-refractivity contribution in [2.45, 2.75) is 39.5 Å². The minimum atomic E-state index is 0.557. The van der Waals surface area contributed by atoms with Crippen LogP contribution in [0.3, 0.4) is 0 Å². The Balaban J connectivity index is 1.32. The molecular weight excluding hydrogens is 442 g/mol. The maximum atomic E-state index is 4.88. The van der Waals surface area contributed by atoms with Crippen LogP contribution in [0.5, 0.6) is 0 Å². The molecule has 3 aromatic carbocycles. The van der Waals surface area contributed by atoms with Crippen molar-refractivity contribution in [3.05, 3.63) is 136 Å². The molecule has 0 saturated heterocycles. The summed E-state index contributed by atoms with van der Waals surface area (Å²) >= 11 is 0. The van der Waals surface area contributed by atoms with Gasteiger partial charge in [-0.15, -0.1) is 0 Å². The molecule has 0 saturated carbocycles. The molecule has 0 bridgehead atoms. The summed E-state index contributed by atoms with van der Waals surface area (Å²) < 4.78 is 0. The molecule has 5 nitrogen and oxygen atoms in total. The summed E-state index contributed by atoms with van der Waals surface area (Å²) in [4.78, 5) is 23.6. The van der Waals surface area contributed by atoms with Gasteiger partial charge in [-0.1, -0.05) is 72.8 Å². The minimum absolute atomic E-state index is 0.557. The second kappa shape index (κ2) is 9.42. The van der Waals surface area contributed by atoms with E-state index >= 15 is 0 Å². The maximum absolute atomic E-state index is 4.88. The lowest BCUT2D eigenvalue weighted by molar-refractivity contribution is 0.785. The van der Waals surface area contributed by atoms with E-state index in [0.29, 0.717) is 19.3 Å². The molecule has 1 aliphatic carbocycles. The molecule has 2 aromatic heterocycles. The Hall–Kier alpha value is -4.25. The fourth-order valence-corrected chi connectivity index (χ4v) is 5.07. The van der Waals surface area contributed by atoms with Crippen LogP contribution in [0.25, 0.3) is 11.1 Å². The molecule has 0 fully saturated rings. The van der Waals surface area contributed by atoms with E-state index in [1.807, 2.05) is 38.1 Å². The van der Waals surface area contributed by atoms with Crippen LogP contribution in [-0.2, 0) is 25.7 Å². The zero-order valence-corrected chi connectivity index (χ0v) is 20.6. The topological polar surface area (TPSA) is 64.5 Å². The van der Waals surface area contributed by atoms with Gasteiger partial charge in [0.05, 0.1) is 12.1 Å². The summed E-state index contributed by atoms with van der Waals surface area (Å²) in [6.07, 6.45) is 2.88. The Bertz CT molecular complexity index is 1540. The number of rotatable bonds is 6. The van der Waals surface area contributed by atoms with Gasteiger partial charge >= 0.3 is 0 Å². The van der Waals surface area contributed by atoms with E-state index in [1.54, 1.807) is 0 Å². The first-order chi connectivity index (χ1) is 17.6. The van der Waals surface area contributed by atoms with Crippen LogP contribution in [0.4, 0.5) is 0 Å². The number of benzene rings is 3. The molecule has 0 N–H and O–H groups in total. The van der Waals surface area contributed by atoms with Crippen molar-refractivity contribution in [1.82, 2.24) is 24.9 Å². The van der Waals surface area contributed by atoms with Crippen LogP contribution >= 0.6 is 0 Å². The Kier molecular flexibility index (Phi) is 5.82. The Labute approximate surface area is 211 Å². The molecule has 0 atom stereocenters. The van der Waals surface area contributed by atoms with Crippen molar-refractivity contribution in [3.63, 3.8) is 0 Å². The zero-order valence-electron chi connectivity index (χ0n) is 20.6. The highest BCUT2D eigenvalue weighted by molar-refractivity contribution is 5.76. The number of aryl methyl sites for hydroxylation is 2. The van der Waals surface area contributed by atoms with Crippen molar-refractivity contribution in [1.29, 1.82) is 0 Å². The van der Waals surface area contributed by atoms with Crippen molar-refractivity contribution >= 4 is 0 Å². The van der Waals surface area contributed by atoms with Gasteiger partial charge in [-0.25, -0.2) is 24.9 Å². The summed E-state index contributed by atoms with van der Waals surface area (Å²) in [6.45, 7) is 3.91. The lowest BCUT2D eigenvalue weighted by atomic mass is 10.0. The highest BCUT2D eigenvalue weighted by atomic mass is 15.0. The standard InChI is InChI=1S/C31H27N5/c1-20-14-26(33-21(2)32-20)19-31-35-29(16-22-8-4-3-5-9-22)34-30(36-31)17-23-12-13-28-25(15-23)18-24-10-6-7-11-27(24)28/h3-15H,16-19H2,1-2H3. The zero-order chi connectivity index (χ0) is 24.5. The van der Waals surface area contributed by atoms with E-state index in [4.69, 9.17) is 15.0 Å². The summed E-state index contributed by atoms with van der Waals surface area (Å²) in [7, 11) is 0. The molecule has 36 heavy (non-hydrogen) atoms. The number of nitrogens with zero attached hydrogens (tertiary/aromatic N) is 5. The van der Waals surface area contributed by atoms with Crippen LogP contribution in [0.15, 0.2) is 78.9 Å². The van der Waals surface area contributed by atoms with E-state index in [1.165, 1.54) is 33.4 Å². The Morgan fingerprint density at radius 3 is 2.00 bits per heavy atom. The normalized spacial score (nSPS) is 11.8. The first kappa shape index (κ1) is 22.2. The Morgan fingerprint density at radius 1 is 0.556 bits per heavy atom. The minimum Gasteiger partial charge on any atom is -0.239 e. The lowest BCUT2D eigenvalue weighted by Gasteiger charge is -2.10. The predicted molar refractivity (Wildman–Crippen MR) is 141 cm³/mol. The average molecular weight is 470 g/mol. The highest BCUT2D eigenvalue weighted by Crippen LogP contribution is 2.36. The smallest absolute Gasteiger partial charge is 0.138 e. The molecule has 1 aliphatic rings. The second-order valence-corrected chi connectivity index (χ2v) is 9.47. The van der Waals surface area contributed by atoms with E-state index in [2.05, 4.69) is 64.6 Å². The molecule has 0 radical (unpaired) electrons. The van der Waals surface area contributed by atoms with Gasteiger partial charge in [-0.05, 0) is 59.7 Å². The summed E-state index contributed by atoms with van der Waals surface area (Å²) in [5.41, 5.74) is 9.75. The van der Waals surface area contributed by atoms with Crippen molar-refractivity contribution in [3.8, 4) is 11.1 Å². The molecule has 2 heterocycles. The molecule has 176 valence electrons. The van der Waals surface area contributed by atoms with Crippen molar-refractivity contribution in [2.75, 3.05) is 0 Å². The average Bonchev–Trinajstić information content (AvgIpc) is 3.22. The first-order valence-corrected chi connectivity index (χ1v) is 12.4. The lowest BCUT2D eigenvalue weighted by Crippen LogP contribution is -2.10. The van der Waals surface area contributed by atoms with Crippen LogP contribution in [0, 0.1) is 13.8 Å². The molecule has 5 aromatic rings. The molecule has 0 amide bonds. The maximum Gasteiger partial charge on any atom is 0.138 e. The Morgan fingerprint density at radius 2 is 1.22 bits per heavy atom. The third-order valence-electron chi connectivity index (χ3n) is 6.56.